The lowest BCUT2D eigenvalue weighted by Gasteiger charge is -2.27. The highest BCUT2D eigenvalue weighted by molar-refractivity contribution is 6.32. The highest BCUT2D eigenvalue weighted by Gasteiger charge is 2.38. The molecule has 1 aromatic heterocycles. The molecule has 2 aromatic carbocycles. The van der Waals surface area contributed by atoms with E-state index in [1.165, 1.54) is 6.08 Å². The van der Waals surface area contributed by atoms with Crippen LogP contribution in [0, 0.1) is 0 Å². The predicted molar refractivity (Wildman–Crippen MR) is 180 cm³/mol. The molecule has 3 aromatic rings. The number of nitrogens with zero attached hydrogens (tertiary/aromatic N) is 2. The summed E-state index contributed by atoms with van der Waals surface area (Å²) in [7, 11) is 5.81. The first kappa shape index (κ1) is 32.9. The van der Waals surface area contributed by atoms with Crippen LogP contribution in [-0.4, -0.2) is 73.1 Å². The fourth-order valence-corrected chi connectivity index (χ4v) is 5.64. The Bertz CT molecular complexity index is 1550. The largest absolute Gasteiger partial charge is 0.444 e. The van der Waals surface area contributed by atoms with Crippen LogP contribution in [0.25, 0.3) is 6.08 Å². The van der Waals surface area contributed by atoms with Crippen LogP contribution in [0.2, 0.25) is 0 Å². The van der Waals surface area contributed by atoms with Crippen LogP contribution in [0.5, 0.6) is 0 Å². The van der Waals surface area contributed by atoms with Crippen LogP contribution < -0.4 is 21.4 Å². The molecule has 3 amide bonds. The van der Waals surface area contributed by atoms with Crippen molar-refractivity contribution in [1.29, 1.82) is 0 Å². The molecule has 2 aliphatic heterocycles. The number of ether oxygens (including phenoxy) is 2. The van der Waals surface area contributed by atoms with Gasteiger partial charge < -0.3 is 20.1 Å². The monoisotopic (exact) mass is 621 g/mol. The molecule has 3 N–H and O–H groups in total. The Labute approximate surface area is 271 Å². The SMILES string of the molecule is [B]c1ccc(NC(=O)C(CCCN2C[C@@H]3C[C@H]2CO3)c2ccc(/C=C/C(=O)Nc3ccccc3NC(=O)OC(C)(C)C)cn2)cc1. The quantitative estimate of drug-likeness (QED) is 0.207. The number of anilines is 3. The summed E-state index contributed by atoms with van der Waals surface area (Å²) in [4.78, 5) is 45.5. The van der Waals surface area contributed by atoms with Gasteiger partial charge in [-0.1, -0.05) is 35.8 Å². The number of aromatic nitrogens is 1. The van der Waals surface area contributed by atoms with Gasteiger partial charge in [0, 0.05) is 30.5 Å². The van der Waals surface area contributed by atoms with Crippen LogP contribution in [-0.2, 0) is 19.1 Å². The van der Waals surface area contributed by atoms with Crippen molar-refractivity contribution in [3.8, 4) is 0 Å². The molecule has 5 rings (SSSR count). The fraction of sp³-hybridized carbons (Fsp3) is 0.371. The predicted octanol–water partition coefficient (Wildman–Crippen LogP) is 4.85. The minimum Gasteiger partial charge on any atom is -0.444 e. The zero-order valence-corrected chi connectivity index (χ0v) is 26.5. The molecular formula is C35H40BN5O5. The van der Waals surface area contributed by atoms with E-state index in [1.807, 2.05) is 12.1 Å². The zero-order valence-electron chi connectivity index (χ0n) is 26.5. The summed E-state index contributed by atoms with van der Waals surface area (Å²) < 4.78 is 11.0. The van der Waals surface area contributed by atoms with Crippen molar-refractivity contribution in [3.05, 3.63) is 84.2 Å². The van der Waals surface area contributed by atoms with Gasteiger partial charge in [-0.25, -0.2) is 4.79 Å². The molecule has 0 aliphatic carbocycles. The van der Waals surface area contributed by atoms with Gasteiger partial charge >= 0.3 is 6.09 Å². The molecule has 2 bridgehead atoms. The summed E-state index contributed by atoms with van der Waals surface area (Å²) in [6, 6.07) is 18.1. The van der Waals surface area contributed by atoms with E-state index in [4.69, 9.17) is 17.3 Å². The van der Waals surface area contributed by atoms with E-state index in [-0.39, 0.29) is 11.8 Å². The van der Waals surface area contributed by atoms with Crippen LogP contribution in [0.1, 0.15) is 57.2 Å². The molecule has 2 saturated heterocycles. The van der Waals surface area contributed by atoms with Gasteiger partial charge in [0.1, 0.15) is 13.4 Å². The smallest absolute Gasteiger partial charge is 0.412 e. The van der Waals surface area contributed by atoms with Crippen molar-refractivity contribution in [2.75, 3.05) is 35.6 Å². The number of hydrogen-bond acceptors (Lipinski definition) is 7. The number of pyridine rings is 1. The number of para-hydroxylation sites is 2. The molecule has 0 spiro atoms. The summed E-state index contributed by atoms with van der Waals surface area (Å²) >= 11 is 0. The molecule has 11 heteroatoms. The third-order valence-electron chi connectivity index (χ3n) is 7.86. The Morgan fingerprint density at radius 1 is 1.04 bits per heavy atom. The Balaban J connectivity index is 1.21. The number of rotatable bonds is 11. The Morgan fingerprint density at radius 2 is 1.78 bits per heavy atom. The maximum Gasteiger partial charge on any atom is 0.412 e. The second-order valence-corrected chi connectivity index (χ2v) is 12.7. The maximum atomic E-state index is 13.5. The molecule has 3 heterocycles. The maximum absolute atomic E-state index is 13.5. The molecule has 46 heavy (non-hydrogen) atoms. The molecule has 0 saturated carbocycles. The highest BCUT2D eigenvalue weighted by Crippen LogP contribution is 2.29. The number of likely N-dealkylation sites (tertiary alicyclic amines) is 1. The van der Waals surface area contributed by atoms with E-state index in [1.54, 1.807) is 81.6 Å². The summed E-state index contributed by atoms with van der Waals surface area (Å²) in [6.07, 6.45) is 6.97. The van der Waals surface area contributed by atoms with E-state index in [0.29, 0.717) is 52.3 Å². The van der Waals surface area contributed by atoms with Gasteiger partial charge in [0.05, 0.1) is 35.7 Å². The van der Waals surface area contributed by atoms with Crippen LogP contribution in [0.3, 0.4) is 0 Å². The average Bonchev–Trinajstić information content (AvgIpc) is 3.64. The second-order valence-electron chi connectivity index (χ2n) is 12.7. The van der Waals surface area contributed by atoms with Gasteiger partial charge in [0.25, 0.3) is 0 Å². The topological polar surface area (TPSA) is 122 Å². The average molecular weight is 622 g/mol. The van der Waals surface area contributed by atoms with Crippen LogP contribution in [0.15, 0.2) is 72.9 Å². The van der Waals surface area contributed by atoms with Gasteiger partial charge in [0.2, 0.25) is 11.8 Å². The summed E-state index contributed by atoms with van der Waals surface area (Å²) in [5, 5.41) is 8.47. The van der Waals surface area contributed by atoms with Crippen molar-refractivity contribution < 1.29 is 23.9 Å². The van der Waals surface area contributed by atoms with Gasteiger partial charge in [0.15, 0.2) is 0 Å². The van der Waals surface area contributed by atoms with E-state index in [2.05, 4.69) is 25.8 Å². The first-order valence-electron chi connectivity index (χ1n) is 15.6. The lowest BCUT2D eigenvalue weighted by Crippen LogP contribution is -2.37. The molecule has 3 atom stereocenters. The normalized spacial score (nSPS) is 18.3. The molecule has 238 valence electrons. The highest BCUT2D eigenvalue weighted by atomic mass is 16.6. The number of morpholine rings is 1. The third-order valence-corrected chi connectivity index (χ3v) is 7.86. The molecule has 1 unspecified atom stereocenters. The number of nitrogens with one attached hydrogen (secondary N) is 3. The van der Waals surface area contributed by atoms with E-state index in [0.717, 1.165) is 32.5 Å². The van der Waals surface area contributed by atoms with Gasteiger partial charge in [-0.15, -0.1) is 0 Å². The zero-order chi connectivity index (χ0) is 32.7. The fourth-order valence-electron chi connectivity index (χ4n) is 5.64. The molecule has 2 fully saturated rings. The van der Waals surface area contributed by atoms with Crippen molar-refractivity contribution in [2.45, 2.75) is 63.7 Å². The first-order chi connectivity index (χ1) is 22.0. The molecule has 2 radical (unpaired) electrons. The first-order valence-corrected chi connectivity index (χ1v) is 15.6. The van der Waals surface area contributed by atoms with Crippen LogP contribution in [0.4, 0.5) is 21.9 Å². The minimum atomic E-state index is -0.654. The van der Waals surface area contributed by atoms with Gasteiger partial charge in [-0.05, 0) is 88.5 Å². The Kier molecular flexibility index (Phi) is 10.5. The molecule has 10 nitrogen and oxygen atoms in total. The Hall–Kier alpha value is -4.48. The Morgan fingerprint density at radius 3 is 2.41 bits per heavy atom. The third kappa shape index (κ3) is 9.28. The van der Waals surface area contributed by atoms with Gasteiger partial charge in [-0.2, -0.15) is 0 Å². The molecular weight excluding hydrogens is 581 g/mol. The van der Waals surface area contributed by atoms with E-state index < -0.39 is 17.6 Å². The lowest BCUT2D eigenvalue weighted by atomic mass is 9.95. The second kappa shape index (κ2) is 14.7. The van der Waals surface area contributed by atoms with Crippen molar-refractivity contribution in [1.82, 2.24) is 9.88 Å². The summed E-state index contributed by atoms with van der Waals surface area (Å²) in [5.74, 6) is -0.974. The number of fused-ring (bicyclic) bond motifs is 2. The number of carbonyl (C=O) groups is 3. The number of carbonyl (C=O) groups excluding carboxylic acids is 3. The number of hydrogen-bond donors (Lipinski definition) is 3. The van der Waals surface area contributed by atoms with Crippen molar-refractivity contribution in [3.63, 3.8) is 0 Å². The molecule has 2 aliphatic rings. The summed E-state index contributed by atoms with van der Waals surface area (Å²) in [6.45, 7) is 7.97. The minimum absolute atomic E-state index is 0.134. The van der Waals surface area contributed by atoms with E-state index in [9.17, 15) is 14.4 Å². The lowest BCUT2D eigenvalue weighted by molar-refractivity contribution is -0.118. The van der Waals surface area contributed by atoms with Crippen LogP contribution >= 0.6 is 0 Å². The van der Waals surface area contributed by atoms with Gasteiger partial charge in [-0.3, -0.25) is 24.8 Å². The van der Waals surface area contributed by atoms with Crippen molar-refractivity contribution >= 4 is 54.4 Å². The summed E-state index contributed by atoms with van der Waals surface area (Å²) in [5.41, 5.74) is 2.84. The number of benzene rings is 2. The van der Waals surface area contributed by atoms with Crippen molar-refractivity contribution in [2.24, 2.45) is 0 Å². The standard InChI is InChI=1S/C35H40BN5O5/c1-35(2,3)46-34(44)40-31-9-5-4-8-30(31)39-32(42)17-11-23-10-16-29(37-20-23)28(33(43)38-25-14-12-24(36)13-15-25)7-6-18-41-21-27-19-26(41)22-45-27/h4-5,8-17,20,26-28H,6-7,18-19,21-22H2,1-3H3,(H,38,43)(H,39,42)(H,40,44)/b17-11+/t26-,27-,28?/m0/s1. The van der Waals surface area contributed by atoms with E-state index >= 15 is 0 Å². The number of amides is 3.